The van der Waals surface area contributed by atoms with Crippen LogP contribution in [-0.2, 0) is 4.79 Å². The zero-order valence-corrected chi connectivity index (χ0v) is 14.7. The third-order valence-electron chi connectivity index (χ3n) is 4.71. The van der Waals surface area contributed by atoms with E-state index in [2.05, 4.69) is 30.1 Å². The minimum absolute atomic E-state index is 0.125. The Morgan fingerprint density at radius 3 is 2.68 bits per heavy atom. The molecular weight excluding hydrogens is 316 g/mol. The fourth-order valence-electron chi connectivity index (χ4n) is 3.31. The molecule has 1 aromatic heterocycles. The number of hydrogen-bond donors (Lipinski definition) is 1. The molecule has 0 spiro atoms. The lowest BCUT2D eigenvalue weighted by molar-refractivity contribution is -0.144. The first kappa shape index (κ1) is 17.4. The van der Waals surface area contributed by atoms with Crippen LogP contribution in [0, 0.1) is 13.8 Å². The van der Waals surface area contributed by atoms with Crippen molar-refractivity contribution in [3.8, 4) is 5.75 Å². The number of piperidine rings is 1. The third kappa shape index (κ3) is 4.17. The van der Waals surface area contributed by atoms with Crippen molar-refractivity contribution in [2.45, 2.75) is 38.8 Å². The predicted octanol–water partition coefficient (Wildman–Crippen LogP) is 3.37. The molecular formula is C20H24N2O3. The number of likely N-dealkylation sites (tertiary alicyclic amines) is 1. The summed E-state index contributed by atoms with van der Waals surface area (Å²) in [5.41, 5.74) is 3.04. The van der Waals surface area contributed by atoms with Gasteiger partial charge < -0.3 is 9.84 Å². The zero-order chi connectivity index (χ0) is 17.8. The van der Waals surface area contributed by atoms with Crippen LogP contribution in [0.3, 0.4) is 0 Å². The Labute approximate surface area is 148 Å². The maximum absolute atomic E-state index is 11.8. The summed E-state index contributed by atoms with van der Waals surface area (Å²) in [6.07, 6.45) is 5.05. The maximum atomic E-state index is 11.8. The summed E-state index contributed by atoms with van der Waals surface area (Å²) in [5.74, 6) is 0.0994. The van der Waals surface area contributed by atoms with Gasteiger partial charge in [-0.3, -0.25) is 14.7 Å². The van der Waals surface area contributed by atoms with Crippen molar-refractivity contribution in [3.63, 3.8) is 0 Å². The van der Waals surface area contributed by atoms with E-state index in [4.69, 9.17) is 4.74 Å². The molecule has 1 N–H and O–H groups in total. The smallest absolute Gasteiger partial charge is 0.325 e. The number of benzene rings is 1. The number of aliphatic carboxylic acids is 1. The van der Waals surface area contributed by atoms with Gasteiger partial charge in [-0.15, -0.1) is 0 Å². The van der Waals surface area contributed by atoms with Crippen LogP contribution in [0.2, 0.25) is 0 Å². The van der Waals surface area contributed by atoms with Gasteiger partial charge in [0, 0.05) is 25.5 Å². The minimum Gasteiger partial charge on any atom is -0.490 e. The Hall–Kier alpha value is -2.40. The molecule has 1 unspecified atom stereocenters. The highest BCUT2D eigenvalue weighted by Crippen LogP contribution is 2.28. The molecule has 0 saturated carbocycles. The van der Waals surface area contributed by atoms with Crippen molar-refractivity contribution in [1.29, 1.82) is 0 Å². The summed E-state index contributed by atoms with van der Waals surface area (Å²) in [7, 11) is 0. The van der Waals surface area contributed by atoms with Crippen molar-refractivity contribution < 1.29 is 14.6 Å². The largest absolute Gasteiger partial charge is 0.490 e. The Kier molecular flexibility index (Phi) is 5.34. The van der Waals surface area contributed by atoms with Crippen molar-refractivity contribution in [1.82, 2.24) is 9.88 Å². The average Bonchev–Trinajstić information content (AvgIpc) is 2.60. The van der Waals surface area contributed by atoms with Crippen LogP contribution in [-0.4, -0.2) is 40.2 Å². The Bertz CT molecular complexity index is 725. The Morgan fingerprint density at radius 1 is 1.28 bits per heavy atom. The zero-order valence-electron chi connectivity index (χ0n) is 14.7. The highest BCUT2D eigenvalue weighted by atomic mass is 16.5. The summed E-state index contributed by atoms with van der Waals surface area (Å²) >= 11 is 0. The summed E-state index contributed by atoms with van der Waals surface area (Å²) in [6.45, 7) is 5.50. The van der Waals surface area contributed by atoms with Gasteiger partial charge in [0.2, 0.25) is 0 Å². The lowest BCUT2D eigenvalue weighted by Crippen LogP contribution is -2.43. The van der Waals surface area contributed by atoms with Gasteiger partial charge >= 0.3 is 5.97 Å². The molecule has 1 saturated heterocycles. The first-order valence-corrected chi connectivity index (χ1v) is 8.65. The van der Waals surface area contributed by atoms with E-state index in [0.717, 1.165) is 29.7 Å². The lowest BCUT2D eigenvalue weighted by Gasteiger charge is -2.35. The number of nitrogens with zero attached hydrogens (tertiary/aromatic N) is 2. The van der Waals surface area contributed by atoms with Gasteiger partial charge in [-0.2, -0.15) is 0 Å². The third-order valence-corrected chi connectivity index (χ3v) is 4.71. The molecule has 1 aromatic carbocycles. The van der Waals surface area contributed by atoms with E-state index in [1.54, 1.807) is 18.5 Å². The standard InChI is InChI=1S/C20H24N2O3/c1-14-5-6-15(2)18(12-14)25-17-7-10-22(11-8-17)19(20(23)24)16-4-3-9-21-13-16/h3-6,9,12-13,17,19H,7-8,10-11H2,1-2H3,(H,23,24). The molecule has 2 aromatic rings. The van der Waals surface area contributed by atoms with Gasteiger partial charge in [0.15, 0.2) is 0 Å². The molecule has 1 fully saturated rings. The highest BCUT2D eigenvalue weighted by molar-refractivity contribution is 5.75. The molecule has 132 valence electrons. The fourth-order valence-corrected chi connectivity index (χ4v) is 3.31. The number of ether oxygens (including phenoxy) is 1. The molecule has 2 heterocycles. The first-order valence-electron chi connectivity index (χ1n) is 8.65. The van der Waals surface area contributed by atoms with Crippen LogP contribution in [0.5, 0.6) is 5.75 Å². The van der Waals surface area contributed by atoms with Crippen LogP contribution in [0.1, 0.15) is 35.6 Å². The Balaban J connectivity index is 1.64. The lowest BCUT2D eigenvalue weighted by atomic mass is 10.0. The highest BCUT2D eigenvalue weighted by Gasteiger charge is 2.31. The number of hydrogen-bond acceptors (Lipinski definition) is 4. The number of aryl methyl sites for hydroxylation is 2. The maximum Gasteiger partial charge on any atom is 0.325 e. The quantitative estimate of drug-likeness (QED) is 0.904. The number of carbonyl (C=O) groups is 1. The minimum atomic E-state index is -0.832. The molecule has 25 heavy (non-hydrogen) atoms. The van der Waals surface area contributed by atoms with E-state index in [9.17, 15) is 9.90 Å². The second kappa shape index (κ2) is 7.66. The van der Waals surface area contributed by atoms with Gasteiger partial charge in [0.25, 0.3) is 0 Å². The Morgan fingerprint density at radius 2 is 2.04 bits per heavy atom. The molecule has 0 bridgehead atoms. The molecule has 0 amide bonds. The first-order chi connectivity index (χ1) is 12.0. The van der Waals surface area contributed by atoms with Gasteiger partial charge in [-0.1, -0.05) is 18.2 Å². The van der Waals surface area contributed by atoms with Crippen molar-refractivity contribution in [2.75, 3.05) is 13.1 Å². The molecule has 0 aliphatic carbocycles. The van der Waals surface area contributed by atoms with Crippen molar-refractivity contribution in [3.05, 3.63) is 59.4 Å². The van der Waals surface area contributed by atoms with Gasteiger partial charge in [-0.05, 0) is 55.5 Å². The fraction of sp³-hybridized carbons (Fsp3) is 0.400. The molecule has 5 nitrogen and oxygen atoms in total. The molecule has 1 atom stereocenters. The number of carboxylic acids is 1. The number of carboxylic acid groups (broad SMARTS) is 1. The van der Waals surface area contributed by atoms with Gasteiger partial charge in [-0.25, -0.2) is 0 Å². The average molecular weight is 340 g/mol. The van der Waals surface area contributed by atoms with E-state index >= 15 is 0 Å². The topological polar surface area (TPSA) is 62.7 Å². The number of pyridine rings is 1. The molecule has 5 heteroatoms. The van der Waals surface area contributed by atoms with Crippen LogP contribution in [0.25, 0.3) is 0 Å². The van der Waals surface area contributed by atoms with Gasteiger partial charge in [0.05, 0.1) is 0 Å². The molecule has 1 aliphatic heterocycles. The number of rotatable bonds is 5. The van der Waals surface area contributed by atoms with E-state index in [1.165, 1.54) is 5.56 Å². The predicted molar refractivity (Wildman–Crippen MR) is 95.8 cm³/mol. The molecule has 3 rings (SSSR count). The van der Waals surface area contributed by atoms with Crippen LogP contribution >= 0.6 is 0 Å². The van der Waals surface area contributed by atoms with E-state index < -0.39 is 12.0 Å². The monoisotopic (exact) mass is 340 g/mol. The van der Waals surface area contributed by atoms with Crippen LogP contribution < -0.4 is 4.74 Å². The second-order valence-electron chi connectivity index (χ2n) is 6.65. The summed E-state index contributed by atoms with van der Waals surface area (Å²) in [6, 6.07) is 9.18. The van der Waals surface area contributed by atoms with E-state index in [0.29, 0.717) is 13.1 Å². The van der Waals surface area contributed by atoms with Crippen molar-refractivity contribution >= 4 is 5.97 Å². The molecule has 1 aliphatic rings. The van der Waals surface area contributed by atoms with Crippen LogP contribution in [0.4, 0.5) is 0 Å². The summed E-state index contributed by atoms with van der Waals surface area (Å²) in [5, 5.41) is 9.65. The molecule has 0 radical (unpaired) electrons. The van der Waals surface area contributed by atoms with Crippen LogP contribution in [0.15, 0.2) is 42.7 Å². The van der Waals surface area contributed by atoms with E-state index in [-0.39, 0.29) is 6.10 Å². The van der Waals surface area contributed by atoms with Crippen molar-refractivity contribution in [2.24, 2.45) is 0 Å². The van der Waals surface area contributed by atoms with E-state index in [1.807, 2.05) is 17.9 Å². The van der Waals surface area contributed by atoms with Gasteiger partial charge in [0.1, 0.15) is 17.9 Å². The second-order valence-corrected chi connectivity index (χ2v) is 6.65. The SMILES string of the molecule is Cc1ccc(C)c(OC2CCN(C(C(=O)O)c3cccnc3)CC2)c1. The normalized spacial score (nSPS) is 17.2. The number of aromatic nitrogens is 1. The summed E-state index contributed by atoms with van der Waals surface area (Å²) in [4.78, 5) is 17.8. The summed E-state index contributed by atoms with van der Waals surface area (Å²) < 4.78 is 6.17.